The highest BCUT2D eigenvalue weighted by Gasteiger charge is 2.02. The van der Waals surface area contributed by atoms with Gasteiger partial charge in [-0.3, -0.25) is 0 Å². The predicted octanol–water partition coefficient (Wildman–Crippen LogP) is 4.95. The highest BCUT2D eigenvalue weighted by Crippen LogP contribution is 2.25. The summed E-state index contributed by atoms with van der Waals surface area (Å²) in [6.45, 7) is 2.88. The standard InChI is InChI=1S/C15H20ClNO/c1-2-3-4-5-6-7-10-18-15-11-13(12-17)8-9-14(15)16/h8-9,11H,2-7,10H2,1H3. The summed E-state index contributed by atoms with van der Waals surface area (Å²) in [6, 6.07) is 7.17. The number of rotatable bonds is 8. The first-order chi connectivity index (χ1) is 8.77. The second-order valence-corrected chi connectivity index (χ2v) is 4.78. The van der Waals surface area contributed by atoms with Crippen LogP contribution in [0.25, 0.3) is 0 Å². The molecule has 1 rings (SSSR count). The third-order valence-electron chi connectivity index (χ3n) is 2.82. The van der Waals surface area contributed by atoms with E-state index < -0.39 is 0 Å². The number of nitrogens with zero attached hydrogens (tertiary/aromatic N) is 1. The van der Waals surface area contributed by atoms with Crippen molar-refractivity contribution in [2.45, 2.75) is 45.4 Å². The average Bonchev–Trinajstić information content (AvgIpc) is 2.39. The lowest BCUT2D eigenvalue weighted by molar-refractivity contribution is 0.304. The van der Waals surface area contributed by atoms with Crippen LogP contribution in [0.4, 0.5) is 0 Å². The van der Waals surface area contributed by atoms with Gasteiger partial charge < -0.3 is 4.74 Å². The lowest BCUT2D eigenvalue weighted by Gasteiger charge is -2.08. The fourth-order valence-corrected chi connectivity index (χ4v) is 1.92. The fourth-order valence-electron chi connectivity index (χ4n) is 1.75. The Morgan fingerprint density at radius 1 is 1.17 bits per heavy atom. The Balaban J connectivity index is 2.25. The Bertz CT molecular complexity index is 398. The molecule has 1 aromatic rings. The van der Waals surface area contributed by atoms with Crippen LogP contribution in [0.2, 0.25) is 5.02 Å². The maximum Gasteiger partial charge on any atom is 0.139 e. The smallest absolute Gasteiger partial charge is 0.139 e. The van der Waals surface area contributed by atoms with Crippen molar-refractivity contribution in [1.29, 1.82) is 5.26 Å². The van der Waals surface area contributed by atoms with Crippen LogP contribution in [-0.2, 0) is 0 Å². The average molecular weight is 266 g/mol. The molecule has 0 aliphatic carbocycles. The van der Waals surface area contributed by atoms with Crippen LogP contribution in [0.15, 0.2) is 18.2 Å². The van der Waals surface area contributed by atoms with Crippen LogP contribution >= 0.6 is 11.6 Å². The molecular formula is C15H20ClNO. The summed E-state index contributed by atoms with van der Waals surface area (Å²) in [4.78, 5) is 0. The zero-order valence-corrected chi connectivity index (χ0v) is 11.7. The van der Waals surface area contributed by atoms with Gasteiger partial charge in [0.2, 0.25) is 0 Å². The Kier molecular flexibility index (Phi) is 7.29. The van der Waals surface area contributed by atoms with E-state index in [2.05, 4.69) is 13.0 Å². The third kappa shape index (κ3) is 5.42. The molecule has 98 valence electrons. The number of hydrogen-bond acceptors (Lipinski definition) is 2. The van der Waals surface area contributed by atoms with E-state index in [0.717, 1.165) is 6.42 Å². The summed E-state index contributed by atoms with van der Waals surface area (Å²) in [5.74, 6) is 0.615. The zero-order valence-electron chi connectivity index (χ0n) is 10.9. The molecule has 0 spiro atoms. The van der Waals surface area contributed by atoms with E-state index in [4.69, 9.17) is 21.6 Å². The third-order valence-corrected chi connectivity index (χ3v) is 3.13. The van der Waals surface area contributed by atoms with Crippen LogP contribution in [-0.4, -0.2) is 6.61 Å². The predicted molar refractivity (Wildman–Crippen MR) is 75.0 cm³/mol. The minimum atomic E-state index is 0.569. The molecule has 3 heteroatoms. The van der Waals surface area contributed by atoms with Crippen molar-refractivity contribution in [3.63, 3.8) is 0 Å². The molecule has 0 N–H and O–H groups in total. The topological polar surface area (TPSA) is 33.0 Å². The maximum absolute atomic E-state index is 8.80. The number of ether oxygens (including phenoxy) is 1. The molecule has 0 amide bonds. The van der Waals surface area contributed by atoms with Crippen LogP contribution < -0.4 is 4.74 Å². The second-order valence-electron chi connectivity index (χ2n) is 4.37. The lowest BCUT2D eigenvalue weighted by Crippen LogP contribution is -1.98. The largest absolute Gasteiger partial charge is 0.492 e. The Hall–Kier alpha value is -1.20. The minimum absolute atomic E-state index is 0.569. The van der Waals surface area contributed by atoms with Crippen molar-refractivity contribution in [3.05, 3.63) is 28.8 Å². The molecule has 0 heterocycles. The first-order valence-corrected chi connectivity index (χ1v) is 6.98. The molecule has 0 unspecified atom stereocenters. The minimum Gasteiger partial charge on any atom is -0.492 e. The van der Waals surface area contributed by atoms with Crippen LogP contribution in [0, 0.1) is 11.3 Å². The molecule has 0 saturated heterocycles. The Morgan fingerprint density at radius 2 is 1.89 bits per heavy atom. The van der Waals surface area contributed by atoms with Gasteiger partial charge in [-0.25, -0.2) is 0 Å². The highest BCUT2D eigenvalue weighted by atomic mass is 35.5. The second kappa shape index (κ2) is 8.83. The molecule has 0 bridgehead atoms. The van der Waals surface area contributed by atoms with Gasteiger partial charge in [-0.05, 0) is 24.6 Å². The molecule has 0 aliphatic rings. The molecule has 0 fully saturated rings. The van der Waals surface area contributed by atoms with E-state index in [1.165, 1.54) is 32.1 Å². The van der Waals surface area contributed by atoms with Crippen molar-refractivity contribution >= 4 is 11.6 Å². The summed E-state index contributed by atoms with van der Waals surface area (Å²) in [5.41, 5.74) is 0.581. The molecule has 0 saturated carbocycles. The molecule has 0 aromatic heterocycles. The van der Waals surface area contributed by atoms with Crippen molar-refractivity contribution < 1.29 is 4.74 Å². The summed E-state index contributed by atoms with van der Waals surface area (Å²) in [7, 11) is 0. The van der Waals surface area contributed by atoms with Gasteiger partial charge in [0.15, 0.2) is 0 Å². The van der Waals surface area contributed by atoms with Gasteiger partial charge in [0.05, 0.1) is 23.3 Å². The zero-order chi connectivity index (χ0) is 13.2. The fraction of sp³-hybridized carbons (Fsp3) is 0.533. The van der Waals surface area contributed by atoms with Crippen LogP contribution in [0.5, 0.6) is 5.75 Å². The summed E-state index contributed by atoms with van der Waals surface area (Å²) < 4.78 is 5.60. The van der Waals surface area contributed by atoms with E-state index in [-0.39, 0.29) is 0 Å². The van der Waals surface area contributed by atoms with E-state index in [1.54, 1.807) is 18.2 Å². The van der Waals surface area contributed by atoms with Crippen molar-refractivity contribution in [1.82, 2.24) is 0 Å². The van der Waals surface area contributed by atoms with Crippen molar-refractivity contribution in [2.75, 3.05) is 6.61 Å². The van der Waals surface area contributed by atoms with Crippen molar-refractivity contribution in [2.24, 2.45) is 0 Å². The molecule has 0 aliphatic heterocycles. The SMILES string of the molecule is CCCCCCCCOc1cc(C#N)ccc1Cl. The maximum atomic E-state index is 8.80. The molecule has 0 atom stereocenters. The number of nitriles is 1. The summed E-state index contributed by atoms with van der Waals surface area (Å²) in [6.07, 6.45) is 7.39. The molecule has 18 heavy (non-hydrogen) atoms. The normalized spacial score (nSPS) is 10.1. The molecule has 1 aromatic carbocycles. The van der Waals surface area contributed by atoms with E-state index >= 15 is 0 Å². The van der Waals surface area contributed by atoms with E-state index in [1.807, 2.05) is 0 Å². The van der Waals surface area contributed by atoms with Crippen molar-refractivity contribution in [3.8, 4) is 11.8 Å². The van der Waals surface area contributed by atoms with Gasteiger partial charge in [0.25, 0.3) is 0 Å². The number of halogens is 1. The number of hydrogen-bond donors (Lipinski definition) is 0. The van der Waals surface area contributed by atoms with Gasteiger partial charge in [0.1, 0.15) is 5.75 Å². The Morgan fingerprint density at radius 3 is 2.61 bits per heavy atom. The van der Waals surface area contributed by atoms with Gasteiger partial charge in [0, 0.05) is 0 Å². The molecule has 2 nitrogen and oxygen atoms in total. The summed E-state index contributed by atoms with van der Waals surface area (Å²) in [5, 5.41) is 9.37. The van der Waals surface area contributed by atoms with Gasteiger partial charge in [-0.1, -0.05) is 50.6 Å². The quantitative estimate of drug-likeness (QED) is 0.623. The monoisotopic (exact) mass is 265 g/mol. The van der Waals surface area contributed by atoms with E-state index in [9.17, 15) is 0 Å². The first-order valence-electron chi connectivity index (χ1n) is 6.60. The summed E-state index contributed by atoms with van der Waals surface area (Å²) >= 11 is 6.00. The van der Waals surface area contributed by atoms with Crippen LogP contribution in [0.1, 0.15) is 51.0 Å². The number of unbranched alkanes of at least 4 members (excludes halogenated alkanes) is 5. The van der Waals surface area contributed by atoms with Gasteiger partial charge >= 0.3 is 0 Å². The number of benzene rings is 1. The van der Waals surface area contributed by atoms with Crippen LogP contribution in [0.3, 0.4) is 0 Å². The Labute approximate surface area is 115 Å². The van der Waals surface area contributed by atoms with Gasteiger partial charge in [-0.2, -0.15) is 5.26 Å². The van der Waals surface area contributed by atoms with Gasteiger partial charge in [-0.15, -0.1) is 0 Å². The highest BCUT2D eigenvalue weighted by molar-refractivity contribution is 6.32. The lowest BCUT2D eigenvalue weighted by atomic mass is 10.1. The first kappa shape index (κ1) is 14.9. The molecule has 0 radical (unpaired) electrons. The molecular weight excluding hydrogens is 246 g/mol. The van der Waals surface area contributed by atoms with E-state index in [0.29, 0.717) is 22.9 Å².